The summed E-state index contributed by atoms with van der Waals surface area (Å²) in [6.45, 7) is 0.417. The zero-order chi connectivity index (χ0) is 20.8. The molecule has 154 valence electrons. The first kappa shape index (κ1) is 20.9. The minimum absolute atomic E-state index is 0.0693. The Bertz CT molecular complexity index is 840. The third-order valence-electron chi connectivity index (χ3n) is 5.17. The van der Waals surface area contributed by atoms with E-state index in [1.54, 1.807) is 6.07 Å². The number of hydrogen-bond acceptors (Lipinski definition) is 6. The van der Waals surface area contributed by atoms with Crippen molar-refractivity contribution in [2.24, 2.45) is 5.92 Å². The molecule has 0 aromatic heterocycles. The van der Waals surface area contributed by atoms with E-state index in [4.69, 9.17) is 17.0 Å². The highest BCUT2D eigenvalue weighted by Crippen LogP contribution is 2.30. The maximum Gasteiger partial charge on any atom is 0.311 e. The molecule has 2 fully saturated rings. The van der Waals surface area contributed by atoms with Crippen LogP contribution < -0.4 is 15.4 Å². The number of nitrogens with one attached hydrogen (secondary N) is 2. The van der Waals surface area contributed by atoms with E-state index in [-0.39, 0.29) is 22.1 Å². The molecule has 1 aromatic carbocycles. The second kappa shape index (κ2) is 9.60. The zero-order valence-electron chi connectivity index (χ0n) is 15.9. The van der Waals surface area contributed by atoms with Crippen LogP contribution in [-0.4, -0.2) is 28.5 Å². The molecule has 0 atom stereocenters. The Labute approximate surface area is 173 Å². The molecule has 1 aromatic rings. The van der Waals surface area contributed by atoms with Gasteiger partial charge >= 0.3 is 5.69 Å². The van der Waals surface area contributed by atoms with Crippen molar-refractivity contribution in [3.05, 3.63) is 39.4 Å². The summed E-state index contributed by atoms with van der Waals surface area (Å²) < 4.78 is 5.65. The SMILES string of the molecule is O=C1NC(=S)NC(=O)C1=Cc1ccc(OCCCC2CCCCC2)c([N+](=O)[O-])c1. The first-order valence-corrected chi connectivity index (χ1v) is 10.1. The molecule has 0 unspecified atom stereocenters. The number of nitro benzene ring substituents is 1. The maximum atomic E-state index is 11.9. The van der Waals surface area contributed by atoms with Crippen molar-refractivity contribution in [1.29, 1.82) is 0 Å². The van der Waals surface area contributed by atoms with Gasteiger partial charge in [-0.1, -0.05) is 38.2 Å². The number of nitro groups is 1. The molecule has 2 aliphatic rings. The van der Waals surface area contributed by atoms with Crippen molar-refractivity contribution in [2.75, 3.05) is 6.61 Å². The number of carbonyl (C=O) groups excluding carboxylic acids is 2. The van der Waals surface area contributed by atoms with Crippen LogP contribution in [0.4, 0.5) is 5.69 Å². The summed E-state index contributed by atoms with van der Waals surface area (Å²) in [5.74, 6) is -0.384. The molecule has 3 rings (SSSR count). The summed E-state index contributed by atoms with van der Waals surface area (Å²) in [7, 11) is 0. The van der Waals surface area contributed by atoms with Crippen LogP contribution in [0.5, 0.6) is 5.75 Å². The number of rotatable bonds is 7. The average molecular weight is 417 g/mol. The van der Waals surface area contributed by atoms with Gasteiger partial charge < -0.3 is 4.74 Å². The topological polar surface area (TPSA) is 111 Å². The summed E-state index contributed by atoms with van der Waals surface area (Å²) in [6.07, 6.45) is 9.62. The number of nitrogens with zero attached hydrogens (tertiary/aromatic N) is 1. The standard InChI is InChI=1S/C20H23N3O5S/c24-18-15(19(25)22-20(29)21-18)11-14-8-9-17(16(12-14)23(26)27)28-10-4-7-13-5-2-1-3-6-13/h8-9,11-13H,1-7,10H2,(H2,21,22,24,25,29). The van der Waals surface area contributed by atoms with Crippen molar-refractivity contribution in [3.63, 3.8) is 0 Å². The van der Waals surface area contributed by atoms with Crippen LogP contribution in [0.1, 0.15) is 50.5 Å². The molecule has 1 heterocycles. The molecule has 29 heavy (non-hydrogen) atoms. The lowest BCUT2D eigenvalue weighted by atomic mass is 9.86. The fourth-order valence-corrected chi connectivity index (χ4v) is 3.88. The molecule has 1 saturated heterocycles. The van der Waals surface area contributed by atoms with Gasteiger partial charge in [0, 0.05) is 6.07 Å². The lowest BCUT2D eigenvalue weighted by Crippen LogP contribution is -2.51. The second-order valence-corrected chi connectivity index (χ2v) is 7.68. The van der Waals surface area contributed by atoms with Crippen molar-refractivity contribution < 1.29 is 19.2 Å². The fraction of sp³-hybridized carbons (Fsp3) is 0.450. The highest BCUT2D eigenvalue weighted by atomic mass is 32.1. The average Bonchev–Trinajstić information content (AvgIpc) is 2.69. The van der Waals surface area contributed by atoms with Gasteiger partial charge in [-0.15, -0.1) is 0 Å². The van der Waals surface area contributed by atoms with Crippen LogP contribution in [0, 0.1) is 16.0 Å². The van der Waals surface area contributed by atoms with Crippen molar-refractivity contribution in [1.82, 2.24) is 10.6 Å². The summed E-state index contributed by atoms with van der Waals surface area (Å²) in [6, 6.07) is 4.36. The lowest BCUT2D eigenvalue weighted by Gasteiger charge is -2.21. The third kappa shape index (κ3) is 5.60. The van der Waals surface area contributed by atoms with Gasteiger partial charge in [-0.25, -0.2) is 0 Å². The number of thiocarbonyl (C=S) groups is 1. The molecule has 0 radical (unpaired) electrons. The quantitative estimate of drug-likeness (QED) is 0.176. The molecule has 9 heteroatoms. The highest BCUT2D eigenvalue weighted by Gasteiger charge is 2.26. The summed E-state index contributed by atoms with van der Waals surface area (Å²) >= 11 is 4.74. The largest absolute Gasteiger partial charge is 0.487 e. The lowest BCUT2D eigenvalue weighted by molar-refractivity contribution is -0.385. The first-order valence-electron chi connectivity index (χ1n) is 9.73. The normalized spacial score (nSPS) is 17.5. The van der Waals surface area contributed by atoms with Crippen LogP contribution in [-0.2, 0) is 9.59 Å². The Balaban J connectivity index is 1.66. The Hall–Kier alpha value is -2.81. The summed E-state index contributed by atoms with van der Waals surface area (Å²) in [5.41, 5.74) is -0.0300. The van der Waals surface area contributed by atoms with Gasteiger partial charge in [-0.3, -0.25) is 30.3 Å². The van der Waals surface area contributed by atoms with E-state index in [9.17, 15) is 19.7 Å². The van der Waals surface area contributed by atoms with Crippen molar-refractivity contribution in [2.45, 2.75) is 44.9 Å². The molecule has 1 aliphatic heterocycles. The number of ether oxygens (including phenoxy) is 1. The van der Waals surface area contributed by atoms with E-state index in [0.29, 0.717) is 12.2 Å². The van der Waals surface area contributed by atoms with Crippen molar-refractivity contribution in [3.8, 4) is 5.75 Å². The summed E-state index contributed by atoms with van der Waals surface area (Å²) in [4.78, 5) is 34.8. The van der Waals surface area contributed by atoms with Gasteiger partial charge in [-0.2, -0.15) is 0 Å². The van der Waals surface area contributed by atoms with Crippen molar-refractivity contribution >= 4 is 40.9 Å². The van der Waals surface area contributed by atoms with E-state index in [2.05, 4.69) is 10.6 Å². The number of amides is 2. The third-order valence-corrected chi connectivity index (χ3v) is 5.38. The highest BCUT2D eigenvalue weighted by molar-refractivity contribution is 7.80. The number of hydrogen-bond donors (Lipinski definition) is 2. The van der Waals surface area contributed by atoms with E-state index in [0.717, 1.165) is 18.8 Å². The molecule has 8 nitrogen and oxygen atoms in total. The molecule has 1 saturated carbocycles. The fourth-order valence-electron chi connectivity index (χ4n) is 3.69. The Kier molecular flexibility index (Phi) is 6.92. The van der Waals surface area contributed by atoms with Gasteiger partial charge in [0.15, 0.2) is 10.9 Å². The van der Waals surface area contributed by atoms with Crippen LogP contribution >= 0.6 is 12.2 Å². The van der Waals surface area contributed by atoms with Gasteiger partial charge in [-0.05, 0) is 48.7 Å². The van der Waals surface area contributed by atoms with E-state index < -0.39 is 16.7 Å². The van der Waals surface area contributed by atoms with E-state index in [1.165, 1.54) is 50.3 Å². The van der Waals surface area contributed by atoms with Gasteiger partial charge in [0.2, 0.25) is 0 Å². The Morgan fingerprint density at radius 3 is 2.52 bits per heavy atom. The van der Waals surface area contributed by atoms with Gasteiger partial charge in [0.05, 0.1) is 11.5 Å². The predicted molar refractivity (Wildman–Crippen MR) is 111 cm³/mol. The van der Waals surface area contributed by atoms with Crippen LogP contribution in [0.3, 0.4) is 0 Å². The summed E-state index contributed by atoms with van der Waals surface area (Å²) in [5, 5.41) is 16.0. The molecule has 2 amide bonds. The molecule has 0 spiro atoms. The number of benzene rings is 1. The van der Waals surface area contributed by atoms with Gasteiger partial charge in [0.25, 0.3) is 11.8 Å². The zero-order valence-corrected chi connectivity index (χ0v) is 16.8. The van der Waals surface area contributed by atoms with Gasteiger partial charge in [0.1, 0.15) is 5.57 Å². The molecular weight excluding hydrogens is 394 g/mol. The molecule has 0 bridgehead atoms. The first-order chi connectivity index (χ1) is 13.9. The number of carbonyl (C=O) groups is 2. The predicted octanol–water partition coefficient (Wildman–Crippen LogP) is 3.25. The minimum Gasteiger partial charge on any atom is -0.487 e. The van der Waals surface area contributed by atoms with Crippen LogP contribution in [0.15, 0.2) is 23.8 Å². The van der Waals surface area contributed by atoms with Crippen LogP contribution in [0.2, 0.25) is 0 Å². The Morgan fingerprint density at radius 1 is 1.17 bits per heavy atom. The maximum absolute atomic E-state index is 11.9. The van der Waals surface area contributed by atoms with E-state index in [1.807, 2.05) is 0 Å². The second-order valence-electron chi connectivity index (χ2n) is 7.27. The monoisotopic (exact) mass is 417 g/mol. The molecular formula is C20H23N3O5S. The minimum atomic E-state index is -0.649. The molecule has 1 aliphatic carbocycles. The van der Waals surface area contributed by atoms with E-state index >= 15 is 0 Å². The Morgan fingerprint density at radius 2 is 1.86 bits per heavy atom. The smallest absolute Gasteiger partial charge is 0.311 e. The molecule has 2 N–H and O–H groups in total. The van der Waals surface area contributed by atoms with Crippen LogP contribution in [0.25, 0.3) is 6.08 Å².